The van der Waals surface area contributed by atoms with Crippen LogP contribution in [0.25, 0.3) is 11.3 Å². The Hall–Kier alpha value is -3.43. The summed E-state index contributed by atoms with van der Waals surface area (Å²) in [6.07, 6.45) is -0.642. The average molecular weight is 448 g/mol. The maximum absolute atomic E-state index is 14.0. The molecule has 1 aliphatic rings. The second-order valence-electron chi connectivity index (χ2n) is 7.55. The number of carbonyl (C=O) groups is 1. The number of aromatic amines is 1. The van der Waals surface area contributed by atoms with Crippen LogP contribution in [0.2, 0.25) is 0 Å². The van der Waals surface area contributed by atoms with E-state index < -0.39 is 29.8 Å². The van der Waals surface area contributed by atoms with Crippen LogP contribution in [-0.2, 0) is 6.18 Å². The largest absolute Gasteiger partial charge is 0.471 e. The predicted molar refractivity (Wildman–Crippen MR) is 107 cm³/mol. The van der Waals surface area contributed by atoms with Crippen molar-refractivity contribution < 1.29 is 27.1 Å². The van der Waals surface area contributed by atoms with Gasteiger partial charge in [-0.25, -0.2) is 14.4 Å². The first-order valence-corrected chi connectivity index (χ1v) is 10.0. The Morgan fingerprint density at radius 3 is 2.69 bits per heavy atom. The third-order valence-electron chi connectivity index (χ3n) is 5.47. The van der Waals surface area contributed by atoms with Gasteiger partial charge in [0.05, 0.1) is 24.0 Å². The number of nitrogens with zero attached hydrogens (tertiary/aromatic N) is 3. The molecule has 10 heteroatoms. The fraction of sp³-hybridized carbons (Fsp3) is 0.318. The van der Waals surface area contributed by atoms with Crippen LogP contribution in [0.5, 0.6) is 5.88 Å². The van der Waals surface area contributed by atoms with Crippen molar-refractivity contribution >= 4 is 5.91 Å². The molecule has 0 saturated carbocycles. The highest BCUT2D eigenvalue weighted by atomic mass is 19.4. The summed E-state index contributed by atoms with van der Waals surface area (Å²) in [4.78, 5) is 25.0. The minimum atomic E-state index is -4.59. The van der Waals surface area contributed by atoms with E-state index in [1.165, 1.54) is 12.1 Å². The number of likely N-dealkylation sites (tertiary alicyclic amines) is 1. The molecule has 168 valence electrons. The first kappa shape index (κ1) is 21.8. The quantitative estimate of drug-likeness (QED) is 0.588. The number of rotatable bonds is 4. The molecule has 0 aliphatic carbocycles. The van der Waals surface area contributed by atoms with E-state index in [2.05, 4.69) is 15.0 Å². The zero-order valence-electron chi connectivity index (χ0n) is 17.1. The number of alkyl halides is 3. The number of ether oxygens (including phenoxy) is 1. The average Bonchev–Trinajstić information content (AvgIpc) is 3.29. The van der Waals surface area contributed by atoms with Crippen molar-refractivity contribution in [3.63, 3.8) is 0 Å². The number of benzene rings is 1. The molecule has 0 unspecified atom stereocenters. The van der Waals surface area contributed by atoms with E-state index in [0.29, 0.717) is 36.8 Å². The maximum atomic E-state index is 14.0. The van der Waals surface area contributed by atoms with Crippen molar-refractivity contribution in [2.45, 2.75) is 38.1 Å². The Labute approximate surface area is 181 Å². The summed E-state index contributed by atoms with van der Waals surface area (Å²) >= 11 is 0. The van der Waals surface area contributed by atoms with Crippen LogP contribution >= 0.6 is 0 Å². The number of piperidine rings is 1. The van der Waals surface area contributed by atoms with Gasteiger partial charge in [0.25, 0.3) is 5.91 Å². The molecule has 3 heterocycles. The van der Waals surface area contributed by atoms with Crippen LogP contribution in [0, 0.1) is 5.82 Å². The molecule has 2 atom stereocenters. The lowest BCUT2D eigenvalue weighted by Gasteiger charge is -2.39. The highest BCUT2D eigenvalue weighted by Gasteiger charge is 2.35. The molecule has 2 aromatic heterocycles. The molecule has 4 rings (SSSR count). The van der Waals surface area contributed by atoms with Gasteiger partial charge in [-0.3, -0.25) is 4.79 Å². The van der Waals surface area contributed by atoms with Gasteiger partial charge < -0.3 is 14.6 Å². The number of halogens is 4. The molecule has 1 aromatic carbocycles. The summed E-state index contributed by atoms with van der Waals surface area (Å²) in [5.74, 6) is -0.934. The van der Waals surface area contributed by atoms with Crippen molar-refractivity contribution in [1.29, 1.82) is 0 Å². The lowest BCUT2D eigenvalue weighted by molar-refractivity contribution is -0.141. The highest BCUT2D eigenvalue weighted by Crippen LogP contribution is 2.30. The van der Waals surface area contributed by atoms with Gasteiger partial charge in [0.1, 0.15) is 11.9 Å². The number of nitrogens with one attached hydrogen (secondary N) is 1. The van der Waals surface area contributed by atoms with Crippen LogP contribution in [0.1, 0.15) is 35.8 Å². The second kappa shape index (κ2) is 8.60. The highest BCUT2D eigenvalue weighted by molar-refractivity contribution is 6.00. The molecule has 3 aromatic rings. The summed E-state index contributed by atoms with van der Waals surface area (Å²) < 4.78 is 57.8. The SMILES string of the molecule is C[C@H]1[C@H](Oc2cnc(C(F)(F)F)cn2)CCCN1C(=O)c1cc(F)ccc1-c1ccc[nH]1. The monoisotopic (exact) mass is 448 g/mol. The van der Waals surface area contributed by atoms with E-state index in [-0.39, 0.29) is 17.4 Å². The van der Waals surface area contributed by atoms with Crippen molar-refractivity contribution in [1.82, 2.24) is 19.9 Å². The lowest BCUT2D eigenvalue weighted by atomic mass is 9.97. The molecule has 0 bridgehead atoms. The van der Waals surface area contributed by atoms with E-state index >= 15 is 0 Å². The Kier molecular flexibility index (Phi) is 5.86. The Morgan fingerprint density at radius 1 is 1.22 bits per heavy atom. The second-order valence-corrected chi connectivity index (χ2v) is 7.55. The molecule has 1 aliphatic heterocycles. The minimum absolute atomic E-state index is 0.0537. The van der Waals surface area contributed by atoms with Crippen molar-refractivity contribution in [3.05, 3.63) is 66.0 Å². The summed E-state index contributed by atoms with van der Waals surface area (Å²) in [5, 5.41) is 0. The van der Waals surface area contributed by atoms with E-state index in [0.717, 1.165) is 6.20 Å². The van der Waals surface area contributed by atoms with Crippen LogP contribution in [0.15, 0.2) is 48.9 Å². The van der Waals surface area contributed by atoms with Crippen molar-refractivity contribution in [3.8, 4) is 17.1 Å². The molecule has 1 amide bonds. The molecule has 0 radical (unpaired) electrons. The van der Waals surface area contributed by atoms with E-state index in [1.54, 1.807) is 36.2 Å². The molecule has 6 nitrogen and oxygen atoms in total. The Bertz CT molecular complexity index is 1080. The molecule has 1 fully saturated rings. The standard InChI is InChI=1S/C22H20F4N4O2/c1-13-18(32-20-12-28-19(11-29-20)22(24,25)26)5-3-9-30(13)21(31)16-10-14(23)6-7-15(16)17-4-2-8-27-17/h2,4,6-8,10-13,18,27H,3,5,9H2,1H3/t13-,18+/m0/s1. The zero-order chi connectivity index (χ0) is 22.9. The van der Waals surface area contributed by atoms with Crippen LogP contribution in [-0.4, -0.2) is 44.4 Å². The van der Waals surface area contributed by atoms with Crippen molar-refractivity contribution in [2.75, 3.05) is 6.54 Å². The fourth-order valence-electron chi connectivity index (χ4n) is 3.81. The van der Waals surface area contributed by atoms with Gasteiger partial charge in [0.2, 0.25) is 5.88 Å². The minimum Gasteiger partial charge on any atom is -0.471 e. The normalized spacial score (nSPS) is 19.1. The lowest BCUT2D eigenvalue weighted by Crippen LogP contribution is -2.51. The van der Waals surface area contributed by atoms with Gasteiger partial charge >= 0.3 is 6.18 Å². The van der Waals surface area contributed by atoms with Gasteiger partial charge in [-0.05, 0) is 50.1 Å². The van der Waals surface area contributed by atoms with E-state index in [9.17, 15) is 22.4 Å². The number of carbonyl (C=O) groups excluding carboxylic acids is 1. The Morgan fingerprint density at radius 2 is 2.03 bits per heavy atom. The number of hydrogen-bond acceptors (Lipinski definition) is 4. The summed E-state index contributed by atoms with van der Waals surface area (Å²) in [7, 11) is 0. The first-order chi connectivity index (χ1) is 15.2. The number of H-pyrrole nitrogens is 1. The Balaban J connectivity index is 1.54. The third-order valence-corrected chi connectivity index (χ3v) is 5.47. The number of amides is 1. The summed E-state index contributed by atoms with van der Waals surface area (Å²) in [6.45, 7) is 2.23. The van der Waals surface area contributed by atoms with Gasteiger partial charge in [0.15, 0.2) is 5.69 Å². The van der Waals surface area contributed by atoms with E-state index in [4.69, 9.17) is 4.74 Å². The molecule has 0 spiro atoms. The summed E-state index contributed by atoms with van der Waals surface area (Å²) in [5.41, 5.74) is 0.367. The van der Waals surface area contributed by atoms with Gasteiger partial charge in [-0.2, -0.15) is 13.2 Å². The van der Waals surface area contributed by atoms with Crippen LogP contribution in [0.3, 0.4) is 0 Å². The van der Waals surface area contributed by atoms with Crippen molar-refractivity contribution in [2.24, 2.45) is 0 Å². The molecular weight excluding hydrogens is 428 g/mol. The van der Waals surface area contributed by atoms with Gasteiger partial charge in [0, 0.05) is 24.0 Å². The number of hydrogen-bond donors (Lipinski definition) is 1. The van der Waals surface area contributed by atoms with Crippen LogP contribution < -0.4 is 4.74 Å². The smallest absolute Gasteiger partial charge is 0.434 e. The maximum Gasteiger partial charge on any atom is 0.434 e. The molecular formula is C22H20F4N4O2. The van der Waals surface area contributed by atoms with Gasteiger partial charge in [-0.1, -0.05) is 0 Å². The molecule has 1 saturated heterocycles. The van der Waals surface area contributed by atoms with Gasteiger partial charge in [-0.15, -0.1) is 0 Å². The molecule has 1 N–H and O–H groups in total. The number of aromatic nitrogens is 3. The summed E-state index contributed by atoms with van der Waals surface area (Å²) in [6, 6.07) is 7.21. The molecule has 32 heavy (non-hydrogen) atoms. The van der Waals surface area contributed by atoms with Crippen LogP contribution in [0.4, 0.5) is 17.6 Å². The topological polar surface area (TPSA) is 71.1 Å². The third kappa shape index (κ3) is 4.44. The predicted octanol–water partition coefficient (Wildman–Crippen LogP) is 4.70. The fourth-order valence-corrected chi connectivity index (χ4v) is 3.81. The zero-order valence-corrected chi connectivity index (χ0v) is 17.1. The first-order valence-electron chi connectivity index (χ1n) is 10.0. The van der Waals surface area contributed by atoms with E-state index in [1.807, 2.05) is 0 Å².